The van der Waals surface area contributed by atoms with Gasteiger partial charge in [-0.05, 0) is 82.8 Å². The minimum absolute atomic E-state index is 0.0576. The number of primary amides is 1. The molecule has 44 heavy (non-hydrogen) atoms. The molecule has 11 heteroatoms. The lowest BCUT2D eigenvalue weighted by atomic mass is 9.47. The zero-order chi connectivity index (χ0) is 31.0. The SMILES string of the molecule is CC(C)(C)N1CCN(c2ccc(N3CCN(C(=O)NC4[C@@H]5CC6C[C@H]4CC(C(N)=O)(C6)C5)c4cc(F)c(F)cc43)nc2)CC1. The van der Waals surface area contributed by atoms with Crippen molar-refractivity contribution < 1.29 is 18.4 Å². The molecule has 0 radical (unpaired) electrons. The van der Waals surface area contributed by atoms with E-state index < -0.39 is 17.0 Å². The average Bonchev–Trinajstić information content (AvgIpc) is 2.98. The predicted molar refractivity (Wildman–Crippen MR) is 166 cm³/mol. The number of nitrogens with one attached hydrogen (secondary N) is 1. The van der Waals surface area contributed by atoms with Crippen molar-refractivity contribution >= 4 is 34.8 Å². The van der Waals surface area contributed by atoms with Crippen LogP contribution in [0.3, 0.4) is 0 Å². The molecule has 3 amide bonds. The molecule has 4 aliphatic carbocycles. The zero-order valence-electron chi connectivity index (χ0n) is 25.9. The third-order valence-electron chi connectivity index (χ3n) is 11.1. The largest absolute Gasteiger partial charge is 0.369 e. The van der Waals surface area contributed by atoms with Gasteiger partial charge in [-0.15, -0.1) is 0 Å². The third kappa shape index (κ3) is 4.97. The van der Waals surface area contributed by atoms with Crippen LogP contribution in [-0.4, -0.2) is 72.7 Å². The molecule has 5 atom stereocenters. The van der Waals surface area contributed by atoms with Crippen LogP contribution in [0.15, 0.2) is 30.5 Å². The fourth-order valence-electron chi connectivity index (χ4n) is 8.99. The van der Waals surface area contributed by atoms with Gasteiger partial charge in [-0.25, -0.2) is 18.6 Å². The summed E-state index contributed by atoms with van der Waals surface area (Å²) in [6.07, 6.45) is 6.07. The molecule has 8 rings (SSSR count). The lowest BCUT2D eigenvalue weighted by molar-refractivity contribution is -0.145. The van der Waals surface area contributed by atoms with Gasteiger partial charge in [0, 0.05) is 68.4 Å². The van der Waals surface area contributed by atoms with Gasteiger partial charge < -0.3 is 20.9 Å². The molecular weight excluding hydrogens is 564 g/mol. The molecule has 1 aromatic heterocycles. The van der Waals surface area contributed by atoms with Gasteiger partial charge in [0.15, 0.2) is 11.6 Å². The quantitative estimate of drug-likeness (QED) is 0.526. The smallest absolute Gasteiger partial charge is 0.322 e. The maximum absolute atomic E-state index is 14.6. The van der Waals surface area contributed by atoms with Crippen molar-refractivity contribution in [1.29, 1.82) is 0 Å². The molecule has 4 bridgehead atoms. The van der Waals surface area contributed by atoms with Gasteiger partial charge >= 0.3 is 6.03 Å². The van der Waals surface area contributed by atoms with Gasteiger partial charge in [0.05, 0.1) is 23.3 Å². The Labute approximate surface area is 257 Å². The van der Waals surface area contributed by atoms with E-state index >= 15 is 0 Å². The minimum atomic E-state index is -1.00. The zero-order valence-corrected chi connectivity index (χ0v) is 25.9. The first-order valence-electron chi connectivity index (χ1n) is 16.0. The highest BCUT2D eigenvalue weighted by Crippen LogP contribution is 2.60. The Balaban J connectivity index is 1.08. The van der Waals surface area contributed by atoms with Crippen LogP contribution >= 0.6 is 0 Å². The summed E-state index contributed by atoms with van der Waals surface area (Å²) in [5.41, 5.74) is 7.29. The number of benzene rings is 1. The second-order valence-corrected chi connectivity index (χ2v) is 14.7. The molecule has 1 saturated heterocycles. The number of amides is 3. The lowest BCUT2D eigenvalue weighted by Crippen LogP contribution is -2.63. The Morgan fingerprint density at radius 2 is 1.59 bits per heavy atom. The summed E-state index contributed by atoms with van der Waals surface area (Å²) in [7, 11) is 0. The number of carbonyl (C=O) groups excluding carboxylic acids is 2. The minimum Gasteiger partial charge on any atom is -0.369 e. The third-order valence-corrected chi connectivity index (χ3v) is 11.1. The van der Waals surface area contributed by atoms with Crippen molar-refractivity contribution in [1.82, 2.24) is 15.2 Å². The monoisotopic (exact) mass is 607 g/mol. The van der Waals surface area contributed by atoms with E-state index in [9.17, 15) is 18.4 Å². The number of halogens is 2. The van der Waals surface area contributed by atoms with Gasteiger partial charge in [0.25, 0.3) is 0 Å². The van der Waals surface area contributed by atoms with Crippen LogP contribution < -0.4 is 25.8 Å². The number of anilines is 4. The molecule has 3 heterocycles. The van der Waals surface area contributed by atoms with Crippen molar-refractivity contribution in [2.45, 2.75) is 64.5 Å². The van der Waals surface area contributed by atoms with Crippen LogP contribution in [0.5, 0.6) is 0 Å². The van der Waals surface area contributed by atoms with Gasteiger partial charge in [0.2, 0.25) is 5.91 Å². The number of urea groups is 1. The van der Waals surface area contributed by atoms with Crippen molar-refractivity contribution in [3.8, 4) is 0 Å². The van der Waals surface area contributed by atoms with E-state index in [4.69, 9.17) is 10.7 Å². The van der Waals surface area contributed by atoms with Crippen molar-refractivity contribution in [2.24, 2.45) is 28.9 Å². The van der Waals surface area contributed by atoms with Crippen LogP contribution in [0.4, 0.5) is 36.5 Å². The molecule has 1 aromatic carbocycles. The van der Waals surface area contributed by atoms with Gasteiger partial charge in [0.1, 0.15) is 5.82 Å². The van der Waals surface area contributed by atoms with E-state index in [0.717, 1.165) is 63.3 Å². The fourth-order valence-corrected chi connectivity index (χ4v) is 8.99. The van der Waals surface area contributed by atoms with Crippen LogP contribution in [0.1, 0.15) is 52.9 Å². The summed E-state index contributed by atoms with van der Waals surface area (Å²) < 4.78 is 29.3. The first-order valence-corrected chi connectivity index (χ1v) is 16.0. The number of hydrogen-bond donors (Lipinski definition) is 2. The topological polar surface area (TPSA) is 98.0 Å². The van der Waals surface area contributed by atoms with E-state index in [-0.39, 0.29) is 41.9 Å². The highest BCUT2D eigenvalue weighted by molar-refractivity contribution is 5.98. The molecule has 0 spiro atoms. The highest BCUT2D eigenvalue weighted by atomic mass is 19.2. The van der Waals surface area contributed by atoms with Crippen molar-refractivity contribution in [2.75, 3.05) is 54.0 Å². The Morgan fingerprint density at radius 1 is 0.932 bits per heavy atom. The number of nitrogens with zero attached hydrogens (tertiary/aromatic N) is 5. The molecule has 4 saturated carbocycles. The number of nitrogens with two attached hydrogens (primary N) is 1. The van der Waals surface area contributed by atoms with Crippen LogP contribution in [0.25, 0.3) is 0 Å². The molecule has 236 valence electrons. The normalized spacial score (nSPS) is 30.0. The fraction of sp³-hybridized carbons (Fsp3) is 0.606. The first kappa shape index (κ1) is 29.3. The Morgan fingerprint density at radius 3 is 2.18 bits per heavy atom. The van der Waals surface area contributed by atoms with Crippen LogP contribution in [0, 0.1) is 34.8 Å². The second-order valence-electron chi connectivity index (χ2n) is 14.7. The van der Waals surface area contributed by atoms with E-state index in [2.05, 4.69) is 35.9 Å². The van der Waals surface area contributed by atoms with Crippen LogP contribution in [0.2, 0.25) is 0 Å². The first-order chi connectivity index (χ1) is 20.9. The summed E-state index contributed by atoms with van der Waals surface area (Å²) in [5, 5.41) is 3.25. The maximum atomic E-state index is 14.6. The Hall–Kier alpha value is -3.47. The number of fused-ring (bicyclic) bond motifs is 1. The number of piperazine rings is 1. The summed E-state index contributed by atoms with van der Waals surface area (Å²) in [6, 6.07) is 5.83. The van der Waals surface area contributed by atoms with E-state index in [1.807, 2.05) is 23.2 Å². The summed E-state index contributed by atoms with van der Waals surface area (Å²) in [4.78, 5) is 39.0. The average molecular weight is 608 g/mol. The number of hydrogen-bond acceptors (Lipinski definition) is 6. The molecule has 9 nitrogen and oxygen atoms in total. The van der Waals surface area contributed by atoms with E-state index in [1.54, 1.807) is 0 Å². The molecule has 3 unspecified atom stereocenters. The predicted octanol–water partition coefficient (Wildman–Crippen LogP) is 4.63. The van der Waals surface area contributed by atoms with Gasteiger partial charge in [-0.2, -0.15) is 0 Å². The highest BCUT2D eigenvalue weighted by Gasteiger charge is 2.58. The maximum Gasteiger partial charge on any atom is 0.322 e. The van der Waals surface area contributed by atoms with Crippen molar-refractivity contribution in [3.63, 3.8) is 0 Å². The van der Waals surface area contributed by atoms with E-state index in [1.165, 1.54) is 4.90 Å². The lowest BCUT2D eigenvalue weighted by Gasteiger charge is -2.59. The Kier molecular flexibility index (Phi) is 7.02. The van der Waals surface area contributed by atoms with E-state index in [0.29, 0.717) is 42.5 Å². The Bertz CT molecular complexity index is 1440. The van der Waals surface area contributed by atoms with Gasteiger partial charge in [-0.3, -0.25) is 14.6 Å². The second kappa shape index (κ2) is 10.6. The molecule has 6 aliphatic rings. The molecule has 5 fully saturated rings. The van der Waals surface area contributed by atoms with Gasteiger partial charge in [-0.1, -0.05) is 0 Å². The summed E-state index contributed by atoms with van der Waals surface area (Å²) >= 11 is 0. The molecule has 2 aromatic rings. The summed E-state index contributed by atoms with van der Waals surface area (Å²) in [6.45, 7) is 11.1. The number of pyridine rings is 1. The molecule has 3 N–H and O–H groups in total. The number of aromatic nitrogens is 1. The van der Waals surface area contributed by atoms with Crippen molar-refractivity contribution in [3.05, 3.63) is 42.1 Å². The molecular formula is C33H43F2N7O2. The summed E-state index contributed by atoms with van der Waals surface area (Å²) in [5.74, 6) is -0.700. The number of carbonyl (C=O) groups is 2. The number of rotatable bonds is 4. The standard InChI is InChI=1S/C33H43F2N7O2/c1-32(2,3)40-8-6-39(7-9-40)23-4-5-28(37-19-23)41-10-11-42(27-15-25(35)24(34)14-26(27)41)31(44)38-29-21-12-20-13-22(29)18-33(16-20,17-21)30(36)43/h4-5,14-15,19-22,29H,6-13,16-18H2,1-3H3,(H2,36,43)(H,38,44)/t20?,21-,22+,29?,33?. The molecule has 2 aliphatic heterocycles. The van der Waals surface area contributed by atoms with Crippen LogP contribution in [-0.2, 0) is 4.79 Å².